The lowest BCUT2D eigenvalue weighted by molar-refractivity contribution is 0.973. The molecule has 4 aromatic rings. The summed E-state index contributed by atoms with van der Waals surface area (Å²) in [5.41, 5.74) is 9.70. The van der Waals surface area contributed by atoms with Crippen molar-refractivity contribution < 1.29 is 0 Å². The number of nitrogens with two attached hydrogens (primary N) is 1. The lowest BCUT2D eigenvalue weighted by Gasteiger charge is -2.04. The standard InChI is InChI=1S/C19H16N6/c20-18(25-19-14-3-1-10-21-15(14)9-12-23-19)8-6-13-5-7-16-17(24-13)4-2-11-22-16/h1-5,7,9-12H,6,8H2,(H2,20,23,25). The minimum Gasteiger partial charge on any atom is -0.387 e. The normalized spacial score (nSPS) is 11.9. The second-order valence-electron chi connectivity index (χ2n) is 5.65. The van der Waals surface area contributed by atoms with Crippen LogP contribution in [0.3, 0.4) is 0 Å². The molecule has 0 spiro atoms. The van der Waals surface area contributed by atoms with Crippen molar-refractivity contribution in [2.24, 2.45) is 10.7 Å². The fraction of sp³-hybridized carbons (Fsp3) is 0.105. The van der Waals surface area contributed by atoms with E-state index in [-0.39, 0.29) is 0 Å². The van der Waals surface area contributed by atoms with Gasteiger partial charge in [0, 0.05) is 36.1 Å². The van der Waals surface area contributed by atoms with Crippen molar-refractivity contribution in [3.8, 4) is 0 Å². The number of amidine groups is 1. The van der Waals surface area contributed by atoms with E-state index in [1.54, 1.807) is 18.6 Å². The SMILES string of the molecule is NC(CCc1ccc2ncccc2n1)=Nc1nccc2ncccc12. The van der Waals surface area contributed by atoms with E-state index in [1.807, 2.05) is 42.5 Å². The summed E-state index contributed by atoms with van der Waals surface area (Å²) in [5, 5.41) is 0.892. The zero-order valence-corrected chi connectivity index (χ0v) is 13.5. The molecule has 0 aliphatic heterocycles. The van der Waals surface area contributed by atoms with Crippen molar-refractivity contribution in [2.45, 2.75) is 12.8 Å². The summed E-state index contributed by atoms with van der Waals surface area (Å²) in [4.78, 5) is 22.0. The number of aryl methyl sites for hydroxylation is 1. The summed E-state index contributed by atoms with van der Waals surface area (Å²) in [7, 11) is 0. The number of hydrogen-bond acceptors (Lipinski definition) is 5. The van der Waals surface area contributed by atoms with Crippen LogP contribution in [0.2, 0.25) is 0 Å². The fourth-order valence-electron chi connectivity index (χ4n) is 2.66. The Bertz CT molecular complexity index is 1070. The molecule has 0 fully saturated rings. The molecule has 122 valence electrons. The molecule has 0 unspecified atom stereocenters. The summed E-state index contributed by atoms with van der Waals surface area (Å²) in [6.45, 7) is 0. The second-order valence-corrected chi connectivity index (χ2v) is 5.65. The Hall–Kier alpha value is -3.41. The van der Waals surface area contributed by atoms with Gasteiger partial charge >= 0.3 is 0 Å². The van der Waals surface area contributed by atoms with Crippen LogP contribution in [0.5, 0.6) is 0 Å². The highest BCUT2D eigenvalue weighted by Crippen LogP contribution is 2.21. The lowest BCUT2D eigenvalue weighted by atomic mass is 10.2. The van der Waals surface area contributed by atoms with Gasteiger partial charge in [-0.1, -0.05) is 0 Å². The highest BCUT2D eigenvalue weighted by molar-refractivity contribution is 5.92. The molecule has 4 heterocycles. The maximum absolute atomic E-state index is 6.11. The Labute approximate surface area is 144 Å². The van der Waals surface area contributed by atoms with Crippen LogP contribution in [0.15, 0.2) is 66.0 Å². The van der Waals surface area contributed by atoms with Gasteiger partial charge in [0.25, 0.3) is 0 Å². The summed E-state index contributed by atoms with van der Waals surface area (Å²) in [5.74, 6) is 1.12. The molecule has 0 atom stereocenters. The van der Waals surface area contributed by atoms with Gasteiger partial charge in [-0.2, -0.15) is 0 Å². The number of pyridine rings is 4. The molecule has 0 amide bonds. The predicted molar refractivity (Wildman–Crippen MR) is 98.7 cm³/mol. The molecular formula is C19H16N6. The van der Waals surface area contributed by atoms with Crippen LogP contribution in [0.4, 0.5) is 5.82 Å². The molecule has 4 aromatic heterocycles. The Morgan fingerprint density at radius 2 is 1.68 bits per heavy atom. The molecule has 0 aromatic carbocycles. The van der Waals surface area contributed by atoms with Crippen LogP contribution >= 0.6 is 0 Å². The first-order chi connectivity index (χ1) is 12.3. The van der Waals surface area contributed by atoms with Gasteiger partial charge in [0.15, 0.2) is 5.82 Å². The third-order valence-corrected chi connectivity index (χ3v) is 3.91. The largest absolute Gasteiger partial charge is 0.387 e. The Morgan fingerprint density at radius 3 is 2.60 bits per heavy atom. The Kier molecular flexibility index (Phi) is 4.00. The predicted octanol–water partition coefficient (Wildman–Crippen LogP) is 3.19. The van der Waals surface area contributed by atoms with E-state index in [1.165, 1.54) is 0 Å². The van der Waals surface area contributed by atoms with Crippen LogP contribution < -0.4 is 5.73 Å². The van der Waals surface area contributed by atoms with Gasteiger partial charge < -0.3 is 5.73 Å². The molecule has 0 aliphatic rings. The molecule has 0 radical (unpaired) electrons. The average molecular weight is 328 g/mol. The summed E-state index contributed by atoms with van der Waals surface area (Å²) < 4.78 is 0. The first-order valence-electron chi connectivity index (χ1n) is 8.03. The molecule has 0 aliphatic carbocycles. The van der Waals surface area contributed by atoms with Crippen molar-refractivity contribution in [3.63, 3.8) is 0 Å². The van der Waals surface area contributed by atoms with Crippen molar-refractivity contribution in [2.75, 3.05) is 0 Å². The van der Waals surface area contributed by atoms with Gasteiger partial charge in [-0.05, 0) is 48.9 Å². The molecule has 0 saturated carbocycles. The quantitative estimate of drug-likeness (QED) is 0.459. The van der Waals surface area contributed by atoms with Crippen LogP contribution in [0.1, 0.15) is 12.1 Å². The fourth-order valence-corrected chi connectivity index (χ4v) is 2.66. The number of nitrogens with zero attached hydrogens (tertiary/aromatic N) is 5. The first-order valence-corrected chi connectivity index (χ1v) is 8.03. The second kappa shape index (κ2) is 6.60. The van der Waals surface area contributed by atoms with Gasteiger partial charge in [-0.25, -0.2) is 9.98 Å². The lowest BCUT2D eigenvalue weighted by Crippen LogP contribution is -2.12. The number of fused-ring (bicyclic) bond motifs is 2. The van der Waals surface area contributed by atoms with E-state index < -0.39 is 0 Å². The molecule has 0 saturated heterocycles. The number of rotatable bonds is 4. The van der Waals surface area contributed by atoms with Gasteiger partial charge in [0.05, 0.1) is 16.6 Å². The van der Waals surface area contributed by atoms with E-state index in [0.29, 0.717) is 24.5 Å². The highest BCUT2D eigenvalue weighted by atomic mass is 15.0. The third-order valence-electron chi connectivity index (χ3n) is 3.91. The topological polar surface area (TPSA) is 89.9 Å². The van der Waals surface area contributed by atoms with Gasteiger partial charge in [-0.3, -0.25) is 15.0 Å². The summed E-state index contributed by atoms with van der Waals surface area (Å²) >= 11 is 0. The van der Waals surface area contributed by atoms with Crippen molar-refractivity contribution in [1.29, 1.82) is 0 Å². The zero-order chi connectivity index (χ0) is 17.1. The van der Waals surface area contributed by atoms with E-state index in [9.17, 15) is 0 Å². The van der Waals surface area contributed by atoms with Gasteiger partial charge in [0.1, 0.15) is 5.84 Å². The van der Waals surface area contributed by atoms with Crippen molar-refractivity contribution in [1.82, 2.24) is 19.9 Å². The van der Waals surface area contributed by atoms with Crippen LogP contribution in [-0.2, 0) is 6.42 Å². The third kappa shape index (κ3) is 3.28. The van der Waals surface area contributed by atoms with Crippen molar-refractivity contribution >= 4 is 33.6 Å². The smallest absolute Gasteiger partial charge is 0.163 e. The van der Waals surface area contributed by atoms with Crippen LogP contribution in [0.25, 0.3) is 21.9 Å². The Balaban J connectivity index is 1.54. The first kappa shape index (κ1) is 15.1. The number of aliphatic imine (C=N–C) groups is 1. The molecule has 6 heteroatoms. The van der Waals surface area contributed by atoms with E-state index in [2.05, 4.69) is 24.9 Å². The monoisotopic (exact) mass is 328 g/mol. The highest BCUT2D eigenvalue weighted by Gasteiger charge is 2.04. The Morgan fingerprint density at radius 1 is 0.840 bits per heavy atom. The van der Waals surface area contributed by atoms with E-state index in [4.69, 9.17) is 5.73 Å². The molecule has 6 nitrogen and oxygen atoms in total. The minimum absolute atomic E-state index is 0.525. The van der Waals surface area contributed by atoms with Crippen LogP contribution in [-0.4, -0.2) is 25.8 Å². The molecular weight excluding hydrogens is 312 g/mol. The summed E-state index contributed by atoms with van der Waals surface area (Å²) in [6, 6.07) is 13.5. The number of aromatic nitrogens is 4. The molecule has 4 rings (SSSR count). The molecule has 25 heavy (non-hydrogen) atoms. The number of hydrogen-bond donors (Lipinski definition) is 1. The minimum atomic E-state index is 0.525. The van der Waals surface area contributed by atoms with Gasteiger partial charge in [-0.15, -0.1) is 0 Å². The maximum atomic E-state index is 6.11. The molecule has 0 bridgehead atoms. The maximum Gasteiger partial charge on any atom is 0.163 e. The van der Waals surface area contributed by atoms with Gasteiger partial charge in [0.2, 0.25) is 0 Å². The molecule has 2 N–H and O–H groups in total. The average Bonchev–Trinajstić information content (AvgIpc) is 2.66. The zero-order valence-electron chi connectivity index (χ0n) is 13.5. The van der Waals surface area contributed by atoms with Crippen LogP contribution in [0, 0.1) is 0 Å². The van der Waals surface area contributed by atoms with E-state index in [0.717, 1.165) is 27.6 Å². The van der Waals surface area contributed by atoms with Crippen molar-refractivity contribution in [3.05, 3.63) is 66.7 Å². The summed E-state index contributed by atoms with van der Waals surface area (Å²) in [6.07, 6.45) is 6.53. The van der Waals surface area contributed by atoms with E-state index >= 15 is 0 Å².